The maximum Gasteiger partial charge on any atom is 0.242 e. The summed E-state index contributed by atoms with van der Waals surface area (Å²) >= 11 is 1.52. The van der Waals surface area contributed by atoms with Gasteiger partial charge >= 0.3 is 0 Å². The number of hydrogen-bond donors (Lipinski definition) is 0. The van der Waals surface area contributed by atoms with Crippen LogP contribution in [0.25, 0.3) is 0 Å². The molecule has 1 amide bonds. The Morgan fingerprint density at radius 1 is 1.11 bits per heavy atom. The molecule has 1 atom stereocenters. The molecule has 1 heterocycles. The Balaban J connectivity index is 1.76. The van der Waals surface area contributed by atoms with Crippen LogP contribution in [0.4, 0.5) is 5.69 Å². The maximum absolute atomic E-state index is 12.8. The molecule has 1 aliphatic rings. The molecule has 2 aromatic rings. The SMILES string of the molecule is CCC[C@H]1S/C(=N/N=C\c2ccc(N(C)C)cc2)N(Cc2ccccc2)C1=O. The second-order valence-corrected chi connectivity index (χ2v) is 8.09. The molecule has 0 N–H and O–H groups in total. The van der Waals surface area contributed by atoms with Crippen LogP contribution in [0.5, 0.6) is 0 Å². The van der Waals surface area contributed by atoms with Crippen molar-refractivity contribution in [2.75, 3.05) is 19.0 Å². The molecule has 28 heavy (non-hydrogen) atoms. The van der Waals surface area contributed by atoms with E-state index in [1.807, 2.05) is 68.7 Å². The van der Waals surface area contributed by atoms with Gasteiger partial charge in [0.15, 0.2) is 5.17 Å². The second-order valence-electron chi connectivity index (χ2n) is 6.92. The van der Waals surface area contributed by atoms with Crippen molar-refractivity contribution < 1.29 is 4.79 Å². The molecular formula is C22H26N4OS. The number of hydrogen-bond acceptors (Lipinski definition) is 5. The van der Waals surface area contributed by atoms with Crippen LogP contribution in [-0.4, -0.2) is 41.5 Å². The second kappa shape index (κ2) is 9.55. The average Bonchev–Trinajstić information content (AvgIpc) is 2.99. The topological polar surface area (TPSA) is 48.3 Å². The highest BCUT2D eigenvalue weighted by atomic mass is 32.2. The quantitative estimate of drug-likeness (QED) is 0.517. The zero-order valence-electron chi connectivity index (χ0n) is 16.6. The van der Waals surface area contributed by atoms with Crippen LogP contribution < -0.4 is 4.90 Å². The van der Waals surface area contributed by atoms with Crippen molar-refractivity contribution in [3.05, 3.63) is 65.7 Å². The molecule has 0 aliphatic carbocycles. The predicted molar refractivity (Wildman–Crippen MR) is 119 cm³/mol. The van der Waals surface area contributed by atoms with Crippen molar-refractivity contribution in [1.29, 1.82) is 0 Å². The maximum atomic E-state index is 12.8. The number of amides is 1. The fraction of sp³-hybridized carbons (Fsp3) is 0.318. The van der Waals surface area contributed by atoms with Crippen LogP contribution in [-0.2, 0) is 11.3 Å². The van der Waals surface area contributed by atoms with Crippen LogP contribution in [0.3, 0.4) is 0 Å². The van der Waals surface area contributed by atoms with E-state index in [9.17, 15) is 4.79 Å². The first kappa shape index (κ1) is 20.1. The molecule has 2 aromatic carbocycles. The van der Waals surface area contributed by atoms with E-state index in [0.717, 1.165) is 29.7 Å². The molecule has 0 spiro atoms. The summed E-state index contributed by atoms with van der Waals surface area (Å²) in [5.41, 5.74) is 3.20. The van der Waals surface area contributed by atoms with Gasteiger partial charge in [-0.05, 0) is 29.7 Å². The molecule has 3 rings (SSSR count). The van der Waals surface area contributed by atoms with Crippen molar-refractivity contribution in [3.63, 3.8) is 0 Å². The molecular weight excluding hydrogens is 368 g/mol. The highest BCUT2D eigenvalue weighted by Gasteiger charge is 2.37. The third-order valence-electron chi connectivity index (χ3n) is 4.51. The highest BCUT2D eigenvalue weighted by molar-refractivity contribution is 8.15. The van der Waals surface area contributed by atoms with Gasteiger partial charge in [0, 0.05) is 19.8 Å². The van der Waals surface area contributed by atoms with Crippen molar-refractivity contribution in [3.8, 4) is 0 Å². The zero-order valence-corrected chi connectivity index (χ0v) is 17.4. The molecule has 1 aliphatic heterocycles. The summed E-state index contributed by atoms with van der Waals surface area (Å²) in [5, 5.41) is 9.24. The van der Waals surface area contributed by atoms with Gasteiger partial charge in [0.2, 0.25) is 5.91 Å². The van der Waals surface area contributed by atoms with Gasteiger partial charge in [0.25, 0.3) is 0 Å². The third-order valence-corrected chi connectivity index (χ3v) is 5.75. The lowest BCUT2D eigenvalue weighted by Gasteiger charge is -2.15. The van der Waals surface area contributed by atoms with Crippen LogP contribution in [0.2, 0.25) is 0 Å². The molecule has 146 valence electrons. The fourth-order valence-corrected chi connectivity index (χ4v) is 4.16. The van der Waals surface area contributed by atoms with E-state index in [1.165, 1.54) is 11.8 Å². The molecule has 1 fully saturated rings. The van der Waals surface area contributed by atoms with Gasteiger partial charge in [-0.2, -0.15) is 5.10 Å². The molecule has 0 bridgehead atoms. The van der Waals surface area contributed by atoms with Gasteiger partial charge in [-0.1, -0.05) is 67.6 Å². The van der Waals surface area contributed by atoms with E-state index >= 15 is 0 Å². The Hall–Kier alpha value is -2.60. The van der Waals surface area contributed by atoms with Gasteiger partial charge in [-0.15, -0.1) is 5.10 Å². The first-order chi connectivity index (χ1) is 13.6. The average molecular weight is 395 g/mol. The summed E-state index contributed by atoms with van der Waals surface area (Å²) in [6.07, 6.45) is 3.55. The van der Waals surface area contributed by atoms with Crippen LogP contribution in [0, 0.1) is 0 Å². The Bertz CT molecular complexity index is 847. The van der Waals surface area contributed by atoms with Gasteiger partial charge in [-0.25, -0.2) is 0 Å². The number of nitrogens with zero attached hydrogens (tertiary/aromatic N) is 4. The third kappa shape index (κ3) is 5.01. The number of amidine groups is 1. The molecule has 6 heteroatoms. The lowest BCUT2D eigenvalue weighted by Crippen LogP contribution is -2.31. The first-order valence-electron chi connectivity index (χ1n) is 9.49. The smallest absolute Gasteiger partial charge is 0.242 e. The predicted octanol–water partition coefficient (Wildman–Crippen LogP) is 4.39. The van der Waals surface area contributed by atoms with Crippen molar-refractivity contribution in [2.24, 2.45) is 10.2 Å². The molecule has 0 unspecified atom stereocenters. The Morgan fingerprint density at radius 3 is 2.46 bits per heavy atom. The summed E-state index contributed by atoms with van der Waals surface area (Å²) in [5.74, 6) is 0.125. The number of anilines is 1. The Kier molecular flexibility index (Phi) is 6.87. The van der Waals surface area contributed by atoms with Crippen molar-refractivity contribution in [2.45, 2.75) is 31.6 Å². The summed E-state index contributed by atoms with van der Waals surface area (Å²) < 4.78 is 0. The van der Waals surface area contributed by atoms with Gasteiger partial charge < -0.3 is 4.90 Å². The number of benzene rings is 2. The molecule has 0 radical (unpaired) electrons. The lowest BCUT2D eigenvalue weighted by molar-refractivity contribution is -0.126. The summed E-state index contributed by atoms with van der Waals surface area (Å²) in [6, 6.07) is 18.1. The van der Waals surface area contributed by atoms with Crippen molar-refractivity contribution in [1.82, 2.24) is 4.90 Å². The summed E-state index contributed by atoms with van der Waals surface area (Å²) in [4.78, 5) is 16.6. The Labute approximate surface area is 171 Å². The highest BCUT2D eigenvalue weighted by Crippen LogP contribution is 2.31. The van der Waals surface area contributed by atoms with Crippen molar-refractivity contribution >= 4 is 34.7 Å². The largest absolute Gasteiger partial charge is 0.378 e. The number of carbonyl (C=O) groups is 1. The van der Waals surface area contributed by atoms with E-state index in [4.69, 9.17) is 0 Å². The molecule has 5 nitrogen and oxygen atoms in total. The van der Waals surface area contributed by atoms with Crippen LogP contribution >= 0.6 is 11.8 Å². The van der Waals surface area contributed by atoms with E-state index < -0.39 is 0 Å². The zero-order chi connectivity index (χ0) is 19.9. The number of carbonyl (C=O) groups excluding carboxylic acids is 1. The Morgan fingerprint density at radius 2 is 1.82 bits per heavy atom. The van der Waals surface area contributed by atoms with Gasteiger partial charge in [-0.3, -0.25) is 9.69 Å². The minimum atomic E-state index is -0.0676. The van der Waals surface area contributed by atoms with Gasteiger partial charge in [0.1, 0.15) is 0 Å². The normalized spacial score (nSPS) is 18.4. The minimum absolute atomic E-state index is 0.0676. The van der Waals surface area contributed by atoms with E-state index in [2.05, 4.69) is 22.0 Å². The minimum Gasteiger partial charge on any atom is -0.378 e. The fourth-order valence-electron chi connectivity index (χ4n) is 2.95. The molecule has 0 aromatic heterocycles. The van der Waals surface area contributed by atoms with Crippen LogP contribution in [0.15, 0.2) is 64.8 Å². The van der Waals surface area contributed by atoms with Gasteiger partial charge in [0.05, 0.1) is 18.0 Å². The first-order valence-corrected chi connectivity index (χ1v) is 10.4. The van der Waals surface area contributed by atoms with E-state index in [-0.39, 0.29) is 11.2 Å². The van der Waals surface area contributed by atoms with E-state index in [1.54, 1.807) is 11.1 Å². The van der Waals surface area contributed by atoms with E-state index in [0.29, 0.717) is 11.7 Å². The standard InChI is InChI=1S/C22H26N4OS/c1-4-8-20-21(27)26(16-18-9-6-5-7-10-18)22(28-20)24-23-15-17-11-13-19(14-12-17)25(2)3/h5-7,9-15,20H,4,8,16H2,1-3H3/b23-15-,24-22+/t20-/m1/s1. The summed E-state index contributed by atoms with van der Waals surface area (Å²) in [6.45, 7) is 2.62. The number of thioether (sulfide) groups is 1. The monoisotopic (exact) mass is 394 g/mol. The lowest BCUT2D eigenvalue weighted by atomic mass is 10.2. The van der Waals surface area contributed by atoms with Crippen LogP contribution in [0.1, 0.15) is 30.9 Å². The molecule has 1 saturated heterocycles. The summed E-state index contributed by atoms with van der Waals surface area (Å²) in [7, 11) is 4.02. The molecule has 0 saturated carbocycles. The number of rotatable bonds is 7.